The van der Waals surface area contributed by atoms with Gasteiger partial charge in [-0.2, -0.15) is 0 Å². The predicted molar refractivity (Wildman–Crippen MR) is 87.0 cm³/mol. The van der Waals surface area contributed by atoms with Crippen LogP contribution in [0.2, 0.25) is 0 Å². The molecule has 0 radical (unpaired) electrons. The molecule has 3 heteroatoms. The minimum atomic E-state index is 0.0869. The highest BCUT2D eigenvalue weighted by Gasteiger charge is 2.14. The van der Waals surface area contributed by atoms with Crippen LogP contribution >= 0.6 is 15.9 Å². The lowest BCUT2D eigenvalue weighted by Crippen LogP contribution is -2.22. The Hall–Kier alpha value is -1.32. The molecule has 2 rings (SSSR count). The second-order valence-electron chi connectivity index (χ2n) is 5.23. The van der Waals surface area contributed by atoms with Gasteiger partial charge in [-0.1, -0.05) is 45.8 Å². The van der Waals surface area contributed by atoms with Crippen LogP contribution in [-0.2, 0) is 0 Å². The molecule has 2 nitrogen and oxygen atoms in total. The number of phenolic OH excluding ortho intramolecular Hbond substituents is 1. The van der Waals surface area contributed by atoms with Crippen LogP contribution in [0.25, 0.3) is 0 Å². The van der Waals surface area contributed by atoms with Gasteiger partial charge in [0, 0.05) is 22.1 Å². The van der Waals surface area contributed by atoms with Crippen molar-refractivity contribution in [2.75, 3.05) is 0 Å². The van der Waals surface area contributed by atoms with Crippen LogP contribution in [0.15, 0.2) is 46.9 Å². The Morgan fingerprint density at radius 3 is 2.50 bits per heavy atom. The maximum atomic E-state index is 9.99. The summed E-state index contributed by atoms with van der Waals surface area (Å²) in [6, 6.07) is 14.3. The minimum absolute atomic E-state index is 0.0869. The zero-order valence-electron chi connectivity index (χ0n) is 12.0. The van der Waals surface area contributed by atoms with E-state index in [2.05, 4.69) is 47.2 Å². The summed E-state index contributed by atoms with van der Waals surface area (Å²) in [4.78, 5) is 0. The number of hydrogen-bond donors (Lipinski definition) is 2. The quantitative estimate of drug-likeness (QED) is 0.836. The smallest absolute Gasteiger partial charge is 0.120 e. The molecule has 2 atom stereocenters. The van der Waals surface area contributed by atoms with Gasteiger partial charge in [0.25, 0.3) is 0 Å². The van der Waals surface area contributed by atoms with E-state index in [-0.39, 0.29) is 12.1 Å². The van der Waals surface area contributed by atoms with E-state index in [9.17, 15) is 5.11 Å². The zero-order valence-corrected chi connectivity index (χ0v) is 13.6. The van der Waals surface area contributed by atoms with E-state index in [1.165, 1.54) is 5.56 Å². The fourth-order valence-corrected chi connectivity index (χ4v) is 2.77. The lowest BCUT2D eigenvalue weighted by atomic mass is 10.0. The first kappa shape index (κ1) is 15.1. The van der Waals surface area contributed by atoms with Crippen molar-refractivity contribution in [3.63, 3.8) is 0 Å². The normalized spacial score (nSPS) is 14.0. The number of halogens is 1. The second-order valence-corrected chi connectivity index (χ2v) is 6.14. The Labute approximate surface area is 129 Å². The molecule has 0 amide bonds. The van der Waals surface area contributed by atoms with Gasteiger partial charge in [0.2, 0.25) is 0 Å². The lowest BCUT2D eigenvalue weighted by molar-refractivity contribution is 0.438. The number of aryl methyl sites for hydroxylation is 1. The molecule has 0 aliphatic heterocycles. The van der Waals surface area contributed by atoms with E-state index in [0.717, 1.165) is 15.6 Å². The maximum absolute atomic E-state index is 9.99. The van der Waals surface area contributed by atoms with E-state index in [1.807, 2.05) is 31.2 Å². The monoisotopic (exact) mass is 333 g/mol. The van der Waals surface area contributed by atoms with E-state index >= 15 is 0 Å². The van der Waals surface area contributed by atoms with Gasteiger partial charge < -0.3 is 10.4 Å². The lowest BCUT2D eigenvalue weighted by Gasteiger charge is -2.22. The maximum Gasteiger partial charge on any atom is 0.120 e. The summed E-state index contributed by atoms with van der Waals surface area (Å²) >= 11 is 3.49. The van der Waals surface area contributed by atoms with Crippen molar-refractivity contribution in [1.29, 1.82) is 0 Å². The third kappa shape index (κ3) is 3.62. The topological polar surface area (TPSA) is 32.3 Å². The van der Waals surface area contributed by atoms with Crippen LogP contribution in [0.5, 0.6) is 5.75 Å². The predicted octanol–water partition coefficient (Wildman–Crippen LogP) is 4.87. The van der Waals surface area contributed by atoms with Crippen LogP contribution in [0.1, 0.15) is 42.6 Å². The van der Waals surface area contributed by atoms with Crippen molar-refractivity contribution < 1.29 is 5.11 Å². The molecule has 0 saturated carbocycles. The van der Waals surface area contributed by atoms with Crippen molar-refractivity contribution >= 4 is 15.9 Å². The van der Waals surface area contributed by atoms with Crippen molar-refractivity contribution in [1.82, 2.24) is 5.32 Å². The molecule has 106 valence electrons. The number of rotatable bonds is 4. The van der Waals surface area contributed by atoms with Gasteiger partial charge in [-0.15, -0.1) is 0 Å². The molecule has 0 saturated heterocycles. The molecule has 0 bridgehead atoms. The molecule has 2 aromatic rings. The van der Waals surface area contributed by atoms with Gasteiger partial charge >= 0.3 is 0 Å². The number of hydrogen-bond acceptors (Lipinski definition) is 2. The third-order valence-electron chi connectivity index (χ3n) is 3.50. The molecule has 2 N–H and O–H groups in total. The highest BCUT2D eigenvalue weighted by atomic mass is 79.9. The van der Waals surface area contributed by atoms with Gasteiger partial charge in [0.05, 0.1) is 0 Å². The molecule has 0 aromatic heterocycles. The number of aromatic hydroxyl groups is 1. The van der Waals surface area contributed by atoms with Gasteiger partial charge in [0.15, 0.2) is 0 Å². The van der Waals surface area contributed by atoms with Gasteiger partial charge in [-0.3, -0.25) is 0 Å². The summed E-state index contributed by atoms with van der Waals surface area (Å²) in [6.07, 6.45) is 0. The van der Waals surface area contributed by atoms with Crippen LogP contribution in [0.3, 0.4) is 0 Å². The number of nitrogens with one attached hydrogen (secondary N) is 1. The van der Waals surface area contributed by atoms with Crippen molar-refractivity contribution in [2.45, 2.75) is 32.9 Å². The summed E-state index contributed by atoms with van der Waals surface area (Å²) in [7, 11) is 0. The first-order chi connectivity index (χ1) is 9.47. The molecule has 20 heavy (non-hydrogen) atoms. The van der Waals surface area contributed by atoms with E-state index < -0.39 is 0 Å². The average Bonchev–Trinajstić information content (AvgIpc) is 2.41. The van der Waals surface area contributed by atoms with Crippen molar-refractivity contribution in [3.05, 3.63) is 63.6 Å². The Morgan fingerprint density at radius 1 is 1.05 bits per heavy atom. The summed E-state index contributed by atoms with van der Waals surface area (Å²) in [5.74, 6) is 0.344. The average molecular weight is 334 g/mol. The molecule has 2 aromatic carbocycles. The van der Waals surface area contributed by atoms with E-state index in [1.54, 1.807) is 6.07 Å². The molecular weight excluding hydrogens is 314 g/mol. The zero-order chi connectivity index (χ0) is 14.7. The second kappa shape index (κ2) is 6.42. The molecular formula is C17H20BrNO. The standard InChI is InChI=1S/C17H20BrNO/c1-11-7-8-17(20)16(9-11)13(3)19-12(2)14-5-4-6-15(18)10-14/h4-10,12-13,19-20H,1-3H3/t12-,13?/m1/s1. The van der Waals surface area contributed by atoms with Gasteiger partial charge in [-0.25, -0.2) is 0 Å². The minimum Gasteiger partial charge on any atom is -0.508 e. The summed E-state index contributed by atoms with van der Waals surface area (Å²) in [5.41, 5.74) is 3.31. The Bertz CT molecular complexity index is 597. The molecule has 0 aliphatic rings. The molecule has 0 fully saturated rings. The van der Waals surface area contributed by atoms with Crippen LogP contribution in [0, 0.1) is 6.92 Å². The first-order valence-electron chi connectivity index (χ1n) is 6.78. The SMILES string of the molecule is Cc1ccc(O)c(C(C)N[C@H](C)c2cccc(Br)c2)c1. The summed E-state index contributed by atoms with van der Waals surface area (Å²) in [5, 5.41) is 13.5. The number of benzene rings is 2. The Balaban J connectivity index is 2.15. The Morgan fingerprint density at radius 2 is 1.80 bits per heavy atom. The fourth-order valence-electron chi connectivity index (χ4n) is 2.36. The fraction of sp³-hybridized carbons (Fsp3) is 0.294. The molecule has 1 unspecified atom stereocenters. The van der Waals surface area contributed by atoms with Gasteiger partial charge in [0.1, 0.15) is 5.75 Å². The largest absolute Gasteiger partial charge is 0.508 e. The molecule has 0 spiro atoms. The molecule has 0 heterocycles. The summed E-state index contributed by atoms with van der Waals surface area (Å²) in [6.45, 7) is 6.24. The van der Waals surface area contributed by atoms with Crippen LogP contribution in [0.4, 0.5) is 0 Å². The highest BCUT2D eigenvalue weighted by Crippen LogP contribution is 2.27. The van der Waals surface area contributed by atoms with Crippen LogP contribution in [-0.4, -0.2) is 5.11 Å². The van der Waals surface area contributed by atoms with Gasteiger partial charge in [-0.05, 0) is 44.5 Å². The van der Waals surface area contributed by atoms with Crippen molar-refractivity contribution in [2.24, 2.45) is 0 Å². The Kier molecular flexibility index (Phi) is 4.84. The van der Waals surface area contributed by atoms with Crippen LogP contribution < -0.4 is 5.32 Å². The number of phenols is 1. The molecule has 0 aliphatic carbocycles. The van der Waals surface area contributed by atoms with E-state index in [4.69, 9.17) is 0 Å². The van der Waals surface area contributed by atoms with Crippen molar-refractivity contribution in [3.8, 4) is 5.75 Å². The summed E-state index contributed by atoms with van der Waals surface area (Å²) < 4.78 is 1.08. The van der Waals surface area contributed by atoms with E-state index in [0.29, 0.717) is 5.75 Å². The third-order valence-corrected chi connectivity index (χ3v) is 3.99. The highest BCUT2D eigenvalue weighted by molar-refractivity contribution is 9.10. The first-order valence-corrected chi connectivity index (χ1v) is 7.57.